The number of nitrogens with zero attached hydrogens (tertiary/aromatic N) is 3. The highest BCUT2D eigenvalue weighted by atomic mass is 35.5. The fourth-order valence-corrected chi connectivity index (χ4v) is 4.48. The van der Waals surface area contributed by atoms with Gasteiger partial charge in [0.15, 0.2) is 0 Å². The van der Waals surface area contributed by atoms with E-state index in [1.54, 1.807) is 52.3 Å². The second-order valence-corrected chi connectivity index (χ2v) is 8.55. The highest BCUT2D eigenvalue weighted by Crippen LogP contribution is 2.28. The summed E-state index contributed by atoms with van der Waals surface area (Å²) in [7, 11) is 0. The number of urea groups is 1. The number of nitrogens with one attached hydrogen (secondary N) is 1. The summed E-state index contributed by atoms with van der Waals surface area (Å²) in [4.78, 5) is 33.6. The van der Waals surface area contributed by atoms with E-state index in [4.69, 9.17) is 11.6 Å². The van der Waals surface area contributed by atoms with Crippen LogP contribution in [0.1, 0.15) is 16.1 Å². The molecule has 6 nitrogen and oxygen atoms in total. The van der Waals surface area contributed by atoms with Crippen LogP contribution in [-0.2, 0) is 0 Å². The van der Waals surface area contributed by atoms with Gasteiger partial charge in [0, 0.05) is 42.5 Å². The molecule has 1 fully saturated rings. The van der Waals surface area contributed by atoms with E-state index in [2.05, 4.69) is 10.3 Å². The average Bonchev–Trinajstić information content (AvgIpc) is 3.11. The second-order valence-electron chi connectivity index (χ2n) is 7.08. The molecule has 0 unspecified atom stereocenters. The number of anilines is 1. The Balaban J connectivity index is 1.39. The van der Waals surface area contributed by atoms with Crippen LogP contribution in [0.25, 0.3) is 10.6 Å². The molecule has 0 aliphatic carbocycles. The fraction of sp³-hybridized carbons (Fsp3) is 0.227. The van der Waals surface area contributed by atoms with Crippen molar-refractivity contribution in [3.05, 3.63) is 70.4 Å². The summed E-state index contributed by atoms with van der Waals surface area (Å²) in [6.07, 6.45) is 2.15. The smallest absolute Gasteiger partial charge is 0.321 e. The quantitative estimate of drug-likeness (QED) is 0.601. The minimum Gasteiger partial charge on any atom is -0.336 e. The van der Waals surface area contributed by atoms with Crippen molar-refractivity contribution >= 4 is 40.6 Å². The van der Waals surface area contributed by atoms with Crippen LogP contribution in [0.5, 0.6) is 0 Å². The van der Waals surface area contributed by atoms with Gasteiger partial charge in [-0.15, -0.1) is 11.3 Å². The van der Waals surface area contributed by atoms with E-state index in [1.165, 1.54) is 23.6 Å². The number of carbonyl (C=O) groups excluding carboxylic acids is 2. The lowest BCUT2D eigenvalue weighted by molar-refractivity contribution is 0.0767. The summed E-state index contributed by atoms with van der Waals surface area (Å²) < 4.78 is 14.0. The number of hydrogen-bond acceptors (Lipinski definition) is 4. The molecule has 1 aliphatic rings. The molecule has 2 aromatic carbocycles. The highest BCUT2D eigenvalue weighted by Gasteiger charge is 2.24. The minimum absolute atomic E-state index is 0.155. The molecule has 0 saturated carbocycles. The van der Waals surface area contributed by atoms with E-state index in [1.807, 2.05) is 0 Å². The van der Waals surface area contributed by atoms with Gasteiger partial charge in [-0.2, -0.15) is 0 Å². The molecular weight excluding hydrogens is 439 g/mol. The lowest BCUT2D eigenvalue weighted by Gasteiger charge is -2.22. The van der Waals surface area contributed by atoms with E-state index in [0.717, 1.165) is 0 Å². The Kier molecular flexibility index (Phi) is 6.48. The molecule has 1 N–H and O–H groups in total. The van der Waals surface area contributed by atoms with Crippen molar-refractivity contribution in [2.75, 3.05) is 31.5 Å². The molecule has 3 amide bonds. The van der Waals surface area contributed by atoms with Crippen molar-refractivity contribution in [3.63, 3.8) is 0 Å². The summed E-state index contributed by atoms with van der Waals surface area (Å²) in [6.45, 7) is 1.90. The SMILES string of the molecule is O=C(Nc1cccc(Cl)c1)N1CCCN(C(=O)c2cnc(-c3ccccc3F)s2)CC1. The number of halogens is 2. The molecular formula is C22H20ClFN4O2S. The zero-order chi connectivity index (χ0) is 21.8. The fourth-order valence-electron chi connectivity index (χ4n) is 3.38. The van der Waals surface area contributed by atoms with Gasteiger partial charge in [0.25, 0.3) is 5.91 Å². The normalized spacial score (nSPS) is 14.3. The van der Waals surface area contributed by atoms with Crippen molar-refractivity contribution in [2.24, 2.45) is 0 Å². The van der Waals surface area contributed by atoms with Crippen molar-refractivity contribution in [1.82, 2.24) is 14.8 Å². The van der Waals surface area contributed by atoms with Gasteiger partial charge in [-0.25, -0.2) is 14.2 Å². The van der Waals surface area contributed by atoms with Crippen LogP contribution in [0.4, 0.5) is 14.9 Å². The molecule has 1 aliphatic heterocycles. The average molecular weight is 459 g/mol. The molecule has 1 aromatic heterocycles. The summed E-state index contributed by atoms with van der Waals surface area (Å²) in [5.74, 6) is -0.524. The van der Waals surface area contributed by atoms with Gasteiger partial charge in [0.05, 0.1) is 6.20 Å². The number of benzene rings is 2. The zero-order valence-electron chi connectivity index (χ0n) is 16.6. The summed E-state index contributed by atoms with van der Waals surface area (Å²) >= 11 is 7.14. The van der Waals surface area contributed by atoms with Crippen molar-refractivity contribution in [3.8, 4) is 10.6 Å². The first-order valence-corrected chi connectivity index (χ1v) is 11.0. The first-order valence-electron chi connectivity index (χ1n) is 9.83. The van der Waals surface area contributed by atoms with Crippen LogP contribution in [0.2, 0.25) is 5.02 Å². The summed E-state index contributed by atoms with van der Waals surface area (Å²) in [5.41, 5.74) is 1.01. The Labute approximate surface area is 188 Å². The molecule has 3 aromatic rings. The van der Waals surface area contributed by atoms with Gasteiger partial charge in [0.1, 0.15) is 15.7 Å². The number of hydrogen-bond donors (Lipinski definition) is 1. The van der Waals surface area contributed by atoms with Crippen molar-refractivity contribution < 1.29 is 14.0 Å². The first kappa shape index (κ1) is 21.3. The number of rotatable bonds is 3. The molecule has 0 radical (unpaired) electrons. The summed E-state index contributed by atoms with van der Waals surface area (Å²) in [6, 6.07) is 13.1. The van der Waals surface area contributed by atoms with E-state index >= 15 is 0 Å². The van der Waals surface area contributed by atoms with Crippen molar-refractivity contribution in [2.45, 2.75) is 6.42 Å². The standard InChI is InChI=1S/C22H20ClFN4O2S/c23-15-5-3-6-16(13-15)26-22(30)28-10-4-9-27(11-12-28)21(29)19-14-25-20(31-19)17-7-1-2-8-18(17)24/h1-3,5-8,13-14H,4,9-12H2,(H,26,30). The molecule has 0 spiro atoms. The zero-order valence-corrected chi connectivity index (χ0v) is 18.1. The van der Waals surface area contributed by atoms with Crippen molar-refractivity contribution in [1.29, 1.82) is 0 Å². The van der Waals surface area contributed by atoms with Crippen LogP contribution >= 0.6 is 22.9 Å². The van der Waals surface area contributed by atoms with Crippen LogP contribution in [0.15, 0.2) is 54.7 Å². The molecule has 9 heteroatoms. The van der Waals surface area contributed by atoms with Crippen LogP contribution in [0, 0.1) is 5.82 Å². The third-order valence-electron chi connectivity index (χ3n) is 4.97. The maximum absolute atomic E-state index is 14.0. The Bertz CT molecular complexity index is 1110. The molecule has 4 rings (SSSR count). The molecule has 0 bridgehead atoms. The Morgan fingerprint density at radius 1 is 1.03 bits per heavy atom. The highest BCUT2D eigenvalue weighted by molar-refractivity contribution is 7.16. The number of thiazole rings is 1. The van der Waals surface area contributed by atoms with Gasteiger partial charge >= 0.3 is 6.03 Å². The minimum atomic E-state index is -0.369. The van der Waals surface area contributed by atoms with Gasteiger partial charge in [-0.3, -0.25) is 4.79 Å². The van der Waals surface area contributed by atoms with E-state index in [0.29, 0.717) is 58.8 Å². The Morgan fingerprint density at radius 2 is 1.81 bits per heavy atom. The summed E-state index contributed by atoms with van der Waals surface area (Å²) in [5, 5.41) is 3.86. The predicted octanol–water partition coefficient (Wildman–Crippen LogP) is 4.98. The molecule has 1 saturated heterocycles. The third-order valence-corrected chi connectivity index (χ3v) is 6.22. The Hall–Kier alpha value is -2.97. The molecule has 0 atom stereocenters. The number of carbonyl (C=O) groups is 2. The first-order chi connectivity index (χ1) is 15.0. The van der Waals surface area contributed by atoms with E-state index in [9.17, 15) is 14.0 Å². The lowest BCUT2D eigenvalue weighted by Crippen LogP contribution is -2.39. The largest absolute Gasteiger partial charge is 0.336 e. The van der Waals surface area contributed by atoms with Gasteiger partial charge < -0.3 is 15.1 Å². The van der Waals surface area contributed by atoms with Crippen LogP contribution in [-0.4, -0.2) is 52.9 Å². The van der Waals surface area contributed by atoms with E-state index < -0.39 is 0 Å². The van der Waals surface area contributed by atoms with Gasteiger partial charge in [0.2, 0.25) is 0 Å². The molecule has 160 valence electrons. The predicted molar refractivity (Wildman–Crippen MR) is 120 cm³/mol. The number of aromatic nitrogens is 1. The molecule has 31 heavy (non-hydrogen) atoms. The topological polar surface area (TPSA) is 65.5 Å². The number of amides is 3. The van der Waals surface area contributed by atoms with Gasteiger partial charge in [-0.1, -0.05) is 29.8 Å². The van der Waals surface area contributed by atoms with Crippen LogP contribution < -0.4 is 5.32 Å². The van der Waals surface area contributed by atoms with Gasteiger partial charge in [-0.05, 0) is 36.8 Å². The Morgan fingerprint density at radius 3 is 2.61 bits per heavy atom. The molecule has 2 heterocycles. The third kappa shape index (κ3) is 5.03. The monoisotopic (exact) mass is 458 g/mol. The maximum atomic E-state index is 14.0. The second kappa shape index (κ2) is 9.45. The lowest BCUT2D eigenvalue weighted by atomic mass is 10.2. The van der Waals surface area contributed by atoms with E-state index in [-0.39, 0.29) is 17.8 Å². The van der Waals surface area contributed by atoms with Crippen LogP contribution in [0.3, 0.4) is 0 Å². The maximum Gasteiger partial charge on any atom is 0.321 e.